The van der Waals surface area contributed by atoms with Gasteiger partial charge in [-0.2, -0.15) is 0 Å². The highest BCUT2D eigenvalue weighted by Crippen LogP contribution is 2.21. The Hall–Kier alpha value is 0.200. The van der Waals surface area contributed by atoms with Crippen LogP contribution in [0.1, 0.15) is 5.56 Å². The predicted molar refractivity (Wildman–Crippen MR) is 55.4 cm³/mol. The second-order valence-corrected chi connectivity index (χ2v) is 3.34. The summed E-state index contributed by atoms with van der Waals surface area (Å²) < 4.78 is 0.951. The van der Waals surface area contributed by atoms with Crippen molar-refractivity contribution in [1.82, 2.24) is 0 Å². The molecule has 1 aromatic rings. The van der Waals surface area contributed by atoms with Crippen LogP contribution in [-0.2, 0) is 11.4 Å². The Bertz CT molecular complexity index is 257. The maximum Gasteiger partial charge on any atom is 0.0941 e. The van der Waals surface area contributed by atoms with E-state index < -0.39 is 0 Å². The maximum absolute atomic E-state index is 5.74. The van der Waals surface area contributed by atoms with Crippen LogP contribution < -0.4 is 5.90 Å². The molecule has 0 atom stereocenters. The first-order valence-corrected chi connectivity index (χ1v) is 4.16. The highest BCUT2D eigenvalue weighted by Gasteiger charge is 1.99. The van der Waals surface area contributed by atoms with Gasteiger partial charge in [0.2, 0.25) is 0 Å². The minimum absolute atomic E-state index is 0. The third-order valence-corrected chi connectivity index (χ3v) is 2.26. The lowest BCUT2D eigenvalue weighted by Crippen LogP contribution is -1.99. The molecule has 0 unspecified atom stereocenters. The smallest absolute Gasteiger partial charge is 0.0941 e. The van der Waals surface area contributed by atoms with Gasteiger partial charge in [-0.1, -0.05) is 27.5 Å². The summed E-state index contributed by atoms with van der Waals surface area (Å²) in [6.07, 6.45) is 0. The van der Waals surface area contributed by atoms with Gasteiger partial charge in [0.1, 0.15) is 0 Å². The van der Waals surface area contributed by atoms with Crippen molar-refractivity contribution in [3.63, 3.8) is 0 Å². The van der Waals surface area contributed by atoms with Crippen molar-refractivity contribution in [2.45, 2.75) is 6.61 Å². The highest BCUT2D eigenvalue weighted by atomic mass is 79.9. The van der Waals surface area contributed by atoms with E-state index in [9.17, 15) is 0 Å². The van der Waals surface area contributed by atoms with Gasteiger partial charge in [-0.15, -0.1) is 12.4 Å². The van der Waals surface area contributed by atoms with Gasteiger partial charge in [-0.25, -0.2) is 5.90 Å². The topological polar surface area (TPSA) is 35.2 Å². The van der Waals surface area contributed by atoms with E-state index in [-0.39, 0.29) is 12.4 Å². The highest BCUT2D eigenvalue weighted by molar-refractivity contribution is 9.10. The summed E-state index contributed by atoms with van der Waals surface area (Å²) in [6, 6.07) is 5.46. The first kappa shape index (κ1) is 12.2. The first-order chi connectivity index (χ1) is 5.24. The summed E-state index contributed by atoms with van der Waals surface area (Å²) in [5.41, 5.74) is 0.944. The Labute approximate surface area is 90.5 Å². The number of halogens is 3. The van der Waals surface area contributed by atoms with Crippen molar-refractivity contribution in [2.24, 2.45) is 5.90 Å². The summed E-state index contributed by atoms with van der Waals surface area (Å²) in [6.45, 7) is 0.362. The molecule has 0 heterocycles. The molecule has 12 heavy (non-hydrogen) atoms. The molecule has 0 bridgehead atoms. The molecule has 1 rings (SSSR count). The number of nitrogens with two attached hydrogens (primary N) is 1. The number of hydrogen-bond donors (Lipinski definition) is 1. The molecular formula is C7H8BrCl2NO. The van der Waals surface area contributed by atoms with E-state index in [4.69, 9.17) is 17.5 Å². The van der Waals surface area contributed by atoms with Crippen LogP contribution in [0.5, 0.6) is 0 Å². The van der Waals surface area contributed by atoms with Crippen LogP contribution in [0.2, 0.25) is 5.02 Å². The van der Waals surface area contributed by atoms with Crippen LogP contribution in [0.25, 0.3) is 0 Å². The van der Waals surface area contributed by atoms with Gasteiger partial charge in [-0.05, 0) is 23.8 Å². The van der Waals surface area contributed by atoms with E-state index in [1.165, 1.54) is 0 Å². The van der Waals surface area contributed by atoms with Gasteiger partial charge >= 0.3 is 0 Å². The Kier molecular flexibility index (Phi) is 5.88. The molecule has 0 spiro atoms. The van der Waals surface area contributed by atoms with Crippen molar-refractivity contribution in [3.8, 4) is 0 Å². The van der Waals surface area contributed by atoms with Crippen LogP contribution >= 0.6 is 39.9 Å². The van der Waals surface area contributed by atoms with E-state index in [1.54, 1.807) is 12.1 Å². The molecule has 0 fully saturated rings. The van der Waals surface area contributed by atoms with Gasteiger partial charge < -0.3 is 0 Å². The Balaban J connectivity index is 0.00000121. The average molecular weight is 273 g/mol. The van der Waals surface area contributed by atoms with Gasteiger partial charge in [0.25, 0.3) is 0 Å². The second-order valence-electron chi connectivity index (χ2n) is 2.05. The second kappa shape index (κ2) is 5.78. The SMILES string of the molecule is Cl.NOCc1cc(Cl)ccc1Br. The van der Waals surface area contributed by atoms with Gasteiger partial charge in [0.05, 0.1) is 6.61 Å². The lowest BCUT2D eigenvalue weighted by molar-refractivity contribution is 0.123. The Morgan fingerprint density at radius 1 is 1.50 bits per heavy atom. The zero-order chi connectivity index (χ0) is 8.27. The standard InChI is InChI=1S/C7H7BrClNO.ClH/c8-7-2-1-6(9)3-5(7)4-11-10;/h1-3H,4,10H2;1H. The molecule has 0 saturated heterocycles. The molecule has 2 nitrogen and oxygen atoms in total. The van der Waals surface area contributed by atoms with E-state index in [0.29, 0.717) is 11.6 Å². The average Bonchev–Trinajstić information content (AvgIpc) is 1.98. The van der Waals surface area contributed by atoms with Crippen molar-refractivity contribution in [1.29, 1.82) is 0 Å². The molecular weight excluding hydrogens is 265 g/mol. The fraction of sp³-hybridized carbons (Fsp3) is 0.143. The van der Waals surface area contributed by atoms with E-state index in [0.717, 1.165) is 10.0 Å². The Morgan fingerprint density at radius 2 is 2.17 bits per heavy atom. The zero-order valence-electron chi connectivity index (χ0n) is 6.09. The van der Waals surface area contributed by atoms with Crippen LogP contribution in [0.15, 0.2) is 22.7 Å². The summed E-state index contributed by atoms with van der Waals surface area (Å²) in [5, 5.41) is 0.681. The third kappa shape index (κ3) is 3.29. The third-order valence-electron chi connectivity index (χ3n) is 1.25. The number of rotatable bonds is 2. The van der Waals surface area contributed by atoms with Crippen molar-refractivity contribution >= 4 is 39.9 Å². The van der Waals surface area contributed by atoms with Gasteiger partial charge in [0, 0.05) is 9.50 Å². The summed E-state index contributed by atoms with van der Waals surface area (Å²) in [7, 11) is 0. The Morgan fingerprint density at radius 3 is 2.75 bits per heavy atom. The minimum atomic E-state index is 0. The van der Waals surface area contributed by atoms with Crippen molar-refractivity contribution in [3.05, 3.63) is 33.3 Å². The lowest BCUT2D eigenvalue weighted by atomic mass is 10.2. The number of benzene rings is 1. The molecule has 0 aliphatic heterocycles. The molecule has 0 radical (unpaired) electrons. The largest absolute Gasteiger partial charge is 0.300 e. The van der Waals surface area contributed by atoms with Gasteiger partial charge in [0.15, 0.2) is 0 Å². The summed E-state index contributed by atoms with van der Waals surface area (Å²) in [4.78, 5) is 4.48. The molecule has 0 saturated carbocycles. The molecule has 68 valence electrons. The molecule has 1 aromatic carbocycles. The molecule has 0 aromatic heterocycles. The zero-order valence-corrected chi connectivity index (χ0v) is 9.25. The van der Waals surface area contributed by atoms with Crippen LogP contribution in [0, 0.1) is 0 Å². The monoisotopic (exact) mass is 271 g/mol. The minimum Gasteiger partial charge on any atom is -0.300 e. The fourth-order valence-corrected chi connectivity index (χ4v) is 1.30. The summed E-state index contributed by atoms with van der Waals surface area (Å²) >= 11 is 9.07. The van der Waals surface area contributed by atoms with Gasteiger partial charge in [-0.3, -0.25) is 4.84 Å². The molecule has 0 amide bonds. The van der Waals surface area contributed by atoms with E-state index in [1.807, 2.05) is 6.07 Å². The first-order valence-electron chi connectivity index (χ1n) is 2.99. The normalized spacial score (nSPS) is 9.25. The van der Waals surface area contributed by atoms with E-state index in [2.05, 4.69) is 20.8 Å². The molecule has 0 aliphatic rings. The molecule has 0 aliphatic carbocycles. The van der Waals surface area contributed by atoms with Crippen molar-refractivity contribution < 1.29 is 4.84 Å². The predicted octanol–water partition coefficient (Wildman–Crippen LogP) is 2.91. The van der Waals surface area contributed by atoms with Crippen LogP contribution in [0.4, 0.5) is 0 Å². The van der Waals surface area contributed by atoms with Crippen molar-refractivity contribution in [2.75, 3.05) is 0 Å². The van der Waals surface area contributed by atoms with Crippen LogP contribution in [0.3, 0.4) is 0 Å². The molecule has 5 heteroatoms. The van der Waals surface area contributed by atoms with Crippen LogP contribution in [-0.4, -0.2) is 0 Å². The molecule has 2 N–H and O–H groups in total. The van der Waals surface area contributed by atoms with E-state index >= 15 is 0 Å². The lowest BCUT2D eigenvalue weighted by Gasteiger charge is -2.01. The number of hydrogen-bond acceptors (Lipinski definition) is 2. The maximum atomic E-state index is 5.74. The fourth-order valence-electron chi connectivity index (χ4n) is 0.744. The quantitative estimate of drug-likeness (QED) is 0.841. The summed E-state index contributed by atoms with van der Waals surface area (Å²) in [5.74, 6) is 4.92.